The van der Waals surface area contributed by atoms with Gasteiger partial charge in [-0.25, -0.2) is 9.59 Å². The monoisotopic (exact) mass is 368 g/mol. The van der Waals surface area contributed by atoms with Gasteiger partial charge in [-0.15, -0.1) is 0 Å². The van der Waals surface area contributed by atoms with Crippen LogP contribution in [-0.2, 0) is 17.6 Å². The lowest BCUT2D eigenvalue weighted by Crippen LogP contribution is -2.37. The van der Waals surface area contributed by atoms with Crippen LogP contribution in [0.4, 0.5) is 10.5 Å². The van der Waals surface area contributed by atoms with Crippen LogP contribution in [0.5, 0.6) is 0 Å². The third kappa shape index (κ3) is 3.82. The molecule has 2 aromatic rings. The van der Waals surface area contributed by atoms with Crippen LogP contribution in [0.2, 0.25) is 0 Å². The molecule has 0 atom stereocenters. The van der Waals surface area contributed by atoms with Gasteiger partial charge in [0.05, 0.1) is 17.9 Å². The predicted molar refractivity (Wildman–Crippen MR) is 101 cm³/mol. The second-order valence-corrected chi connectivity index (χ2v) is 7.06. The van der Waals surface area contributed by atoms with Crippen molar-refractivity contribution in [1.82, 2.24) is 15.1 Å². The number of carbonyl (C=O) groups excluding carboxylic acids is 2. The van der Waals surface area contributed by atoms with Gasteiger partial charge >= 0.3 is 12.0 Å². The molecule has 0 radical (unpaired) electrons. The van der Waals surface area contributed by atoms with Crippen LogP contribution in [-0.4, -0.2) is 46.8 Å². The Labute approximate surface area is 158 Å². The van der Waals surface area contributed by atoms with Crippen LogP contribution in [0.15, 0.2) is 24.3 Å². The maximum absolute atomic E-state index is 12.7. The van der Waals surface area contributed by atoms with Gasteiger partial charge in [-0.05, 0) is 49.9 Å². The summed E-state index contributed by atoms with van der Waals surface area (Å²) in [5, 5.41) is 10.6. The van der Waals surface area contributed by atoms with Crippen molar-refractivity contribution < 1.29 is 14.3 Å². The number of aromatic amines is 1. The summed E-state index contributed by atoms with van der Waals surface area (Å²) in [4.78, 5) is 26.4. The first-order valence-electron chi connectivity index (χ1n) is 9.55. The fourth-order valence-corrected chi connectivity index (χ4v) is 3.55. The molecule has 2 amide bonds. The average molecular weight is 368 g/mol. The fourth-order valence-electron chi connectivity index (χ4n) is 3.55. The van der Waals surface area contributed by atoms with Gasteiger partial charge in [0, 0.05) is 36.8 Å². The fraction of sp³-hybridized carbons (Fsp3) is 0.450. The van der Waals surface area contributed by atoms with E-state index in [9.17, 15) is 9.59 Å². The molecule has 2 N–H and O–H groups in total. The zero-order valence-corrected chi connectivity index (χ0v) is 15.5. The van der Waals surface area contributed by atoms with Gasteiger partial charge in [0.2, 0.25) is 0 Å². The number of urea groups is 1. The molecule has 2 aliphatic rings. The number of esters is 1. The number of nitrogens with zero attached hydrogens (tertiary/aromatic N) is 2. The number of H-pyrrole nitrogens is 1. The summed E-state index contributed by atoms with van der Waals surface area (Å²) in [7, 11) is 0. The highest BCUT2D eigenvalue weighted by Gasteiger charge is 2.31. The lowest BCUT2D eigenvalue weighted by atomic mass is 10.1. The van der Waals surface area contributed by atoms with Crippen molar-refractivity contribution in [2.24, 2.45) is 0 Å². The molecule has 0 spiro atoms. The molecule has 2 heterocycles. The quantitative estimate of drug-likeness (QED) is 0.812. The second kappa shape index (κ2) is 7.42. The minimum Gasteiger partial charge on any atom is -0.462 e. The van der Waals surface area contributed by atoms with E-state index in [1.807, 2.05) is 4.90 Å². The van der Waals surface area contributed by atoms with Crippen LogP contribution in [0.3, 0.4) is 0 Å². The van der Waals surface area contributed by atoms with Crippen molar-refractivity contribution in [2.45, 2.75) is 38.5 Å². The summed E-state index contributed by atoms with van der Waals surface area (Å²) < 4.78 is 5.01. The molecule has 1 aliphatic heterocycles. The molecule has 142 valence electrons. The van der Waals surface area contributed by atoms with Crippen molar-refractivity contribution in [3.8, 4) is 0 Å². The molecule has 4 rings (SSSR count). The van der Waals surface area contributed by atoms with E-state index in [4.69, 9.17) is 4.74 Å². The van der Waals surface area contributed by atoms with E-state index in [0.717, 1.165) is 18.5 Å². The molecule has 27 heavy (non-hydrogen) atoms. The van der Waals surface area contributed by atoms with E-state index >= 15 is 0 Å². The highest BCUT2D eigenvalue weighted by Crippen LogP contribution is 2.41. The Bertz CT molecular complexity index is 857. The first kappa shape index (κ1) is 17.6. The predicted octanol–water partition coefficient (Wildman–Crippen LogP) is 3.10. The Morgan fingerprint density at radius 2 is 2.11 bits per heavy atom. The third-order valence-electron chi connectivity index (χ3n) is 5.12. The molecule has 1 aromatic carbocycles. The molecule has 7 nitrogen and oxygen atoms in total. The summed E-state index contributed by atoms with van der Waals surface area (Å²) in [6.07, 6.45) is 4.05. The first-order valence-corrected chi connectivity index (χ1v) is 9.55. The number of carbonyl (C=O) groups is 2. The van der Waals surface area contributed by atoms with Crippen LogP contribution >= 0.6 is 0 Å². The van der Waals surface area contributed by atoms with Gasteiger partial charge in [0.15, 0.2) is 0 Å². The molecule has 0 unspecified atom stereocenters. The summed E-state index contributed by atoms with van der Waals surface area (Å²) >= 11 is 0. The van der Waals surface area contributed by atoms with Crippen LogP contribution in [0.25, 0.3) is 0 Å². The Kier molecular flexibility index (Phi) is 4.83. The van der Waals surface area contributed by atoms with Crippen molar-refractivity contribution in [1.29, 1.82) is 0 Å². The van der Waals surface area contributed by atoms with E-state index in [1.54, 1.807) is 31.2 Å². The minimum atomic E-state index is -0.387. The zero-order chi connectivity index (χ0) is 18.8. The summed E-state index contributed by atoms with van der Waals surface area (Å²) in [6.45, 7) is 3.39. The number of rotatable bonds is 4. The van der Waals surface area contributed by atoms with E-state index < -0.39 is 0 Å². The lowest BCUT2D eigenvalue weighted by Gasteiger charge is -2.21. The molecule has 7 heteroatoms. The maximum atomic E-state index is 12.7. The van der Waals surface area contributed by atoms with E-state index in [0.29, 0.717) is 36.9 Å². The topological polar surface area (TPSA) is 87.3 Å². The zero-order valence-electron chi connectivity index (χ0n) is 15.5. The SMILES string of the molecule is CCOC(=O)c1cccc(NC(=O)N2CCc3[nH]nc(C4CC4)c3CC2)c1. The van der Waals surface area contributed by atoms with E-state index in [-0.39, 0.29) is 12.0 Å². The molecule has 1 aliphatic carbocycles. The van der Waals surface area contributed by atoms with Gasteiger partial charge in [-0.1, -0.05) is 6.07 Å². The smallest absolute Gasteiger partial charge is 0.338 e. The lowest BCUT2D eigenvalue weighted by molar-refractivity contribution is 0.0526. The minimum absolute atomic E-state index is 0.151. The van der Waals surface area contributed by atoms with Gasteiger partial charge in [0.25, 0.3) is 0 Å². The van der Waals surface area contributed by atoms with Crippen molar-refractivity contribution in [2.75, 3.05) is 25.0 Å². The van der Waals surface area contributed by atoms with E-state index in [2.05, 4.69) is 15.5 Å². The number of hydrogen-bond donors (Lipinski definition) is 2. The number of amides is 2. The number of anilines is 1. The van der Waals surface area contributed by atoms with E-state index in [1.165, 1.54) is 24.1 Å². The van der Waals surface area contributed by atoms with Gasteiger partial charge < -0.3 is 15.0 Å². The first-order chi connectivity index (χ1) is 13.2. The third-order valence-corrected chi connectivity index (χ3v) is 5.12. The molecular formula is C20H24N4O3. The van der Waals surface area contributed by atoms with Crippen LogP contribution in [0.1, 0.15) is 53.0 Å². The summed E-state index contributed by atoms with van der Waals surface area (Å²) in [5.74, 6) is 0.220. The largest absolute Gasteiger partial charge is 0.462 e. The van der Waals surface area contributed by atoms with Crippen molar-refractivity contribution >= 4 is 17.7 Å². The highest BCUT2D eigenvalue weighted by molar-refractivity contribution is 5.94. The molecule has 1 fully saturated rings. The number of nitrogens with one attached hydrogen (secondary N) is 2. The normalized spacial score (nSPS) is 16.4. The Balaban J connectivity index is 1.40. The Hall–Kier alpha value is -2.83. The molecule has 1 aromatic heterocycles. The number of hydrogen-bond acceptors (Lipinski definition) is 4. The maximum Gasteiger partial charge on any atom is 0.338 e. The second-order valence-electron chi connectivity index (χ2n) is 7.06. The molecular weight excluding hydrogens is 344 g/mol. The molecule has 1 saturated carbocycles. The summed E-state index contributed by atoms with van der Waals surface area (Å²) in [5.41, 5.74) is 4.69. The summed E-state index contributed by atoms with van der Waals surface area (Å²) in [6, 6.07) is 6.69. The Morgan fingerprint density at radius 3 is 2.89 bits per heavy atom. The number of ether oxygens (including phenoxy) is 1. The number of benzene rings is 1. The molecule has 0 bridgehead atoms. The van der Waals surface area contributed by atoms with Gasteiger partial charge in [0.1, 0.15) is 0 Å². The van der Waals surface area contributed by atoms with Crippen LogP contribution in [0, 0.1) is 0 Å². The standard InChI is InChI=1S/C20H24N4O3/c1-2-27-19(25)14-4-3-5-15(12-14)21-20(26)24-10-8-16-17(9-11-24)22-23-18(16)13-6-7-13/h3-5,12-13H,2,6-11H2,1H3,(H,21,26)(H,22,23). The number of aromatic nitrogens is 2. The van der Waals surface area contributed by atoms with Gasteiger partial charge in [-0.2, -0.15) is 5.10 Å². The number of fused-ring (bicyclic) bond motifs is 1. The highest BCUT2D eigenvalue weighted by atomic mass is 16.5. The van der Waals surface area contributed by atoms with Crippen LogP contribution < -0.4 is 5.32 Å². The van der Waals surface area contributed by atoms with Crippen molar-refractivity contribution in [3.05, 3.63) is 46.8 Å². The Morgan fingerprint density at radius 1 is 1.30 bits per heavy atom. The van der Waals surface area contributed by atoms with Crippen molar-refractivity contribution in [3.63, 3.8) is 0 Å². The molecule has 0 saturated heterocycles. The van der Waals surface area contributed by atoms with Gasteiger partial charge in [-0.3, -0.25) is 5.10 Å². The average Bonchev–Trinajstić information content (AvgIpc) is 3.47.